The Hall–Kier alpha value is -2.57. The van der Waals surface area contributed by atoms with E-state index in [9.17, 15) is 0 Å². The molecule has 3 rings (SSSR count). The highest BCUT2D eigenvalue weighted by Crippen LogP contribution is 2.33. The summed E-state index contributed by atoms with van der Waals surface area (Å²) in [5, 5.41) is 8.37. The molecule has 0 unspecified atom stereocenters. The zero-order valence-electron chi connectivity index (χ0n) is 12.8. The number of benzene rings is 1. The van der Waals surface area contributed by atoms with Gasteiger partial charge in [-0.15, -0.1) is 0 Å². The molecule has 7 nitrogen and oxygen atoms in total. The van der Waals surface area contributed by atoms with Crippen LogP contribution in [0.5, 0.6) is 11.5 Å². The molecule has 1 aliphatic heterocycles. The molecule has 22 heavy (non-hydrogen) atoms. The number of rotatable bonds is 3. The Balaban J connectivity index is 2.06. The lowest BCUT2D eigenvalue weighted by molar-refractivity contribution is 0.0851. The van der Waals surface area contributed by atoms with Gasteiger partial charge in [-0.05, 0) is 38.5 Å². The van der Waals surface area contributed by atoms with Crippen molar-refractivity contribution in [2.45, 2.75) is 26.9 Å². The lowest BCUT2D eigenvalue weighted by Gasteiger charge is -2.20. The highest BCUT2D eigenvalue weighted by Gasteiger charge is 2.19. The summed E-state index contributed by atoms with van der Waals surface area (Å²) in [6.07, 6.45) is 3.01. The van der Waals surface area contributed by atoms with Gasteiger partial charge in [-0.2, -0.15) is 9.78 Å². The number of oxime groups is 1. The van der Waals surface area contributed by atoms with Crippen molar-refractivity contribution in [2.24, 2.45) is 5.16 Å². The van der Waals surface area contributed by atoms with Gasteiger partial charge in [0.2, 0.25) is 5.84 Å². The summed E-state index contributed by atoms with van der Waals surface area (Å²) in [5.41, 5.74) is 1.85. The quantitative estimate of drug-likeness (QED) is 0.492. The van der Waals surface area contributed by atoms with Crippen molar-refractivity contribution in [3.63, 3.8) is 0 Å². The summed E-state index contributed by atoms with van der Waals surface area (Å²) < 4.78 is 12.8. The molecule has 0 radical (unpaired) electrons. The monoisotopic (exact) mass is 302 g/mol. The lowest BCUT2D eigenvalue weighted by Crippen LogP contribution is -2.20. The van der Waals surface area contributed by atoms with Crippen molar-refractivity contribution < 1.29 is 14.3 Å². The molecule has 0 aliphatic carbocycles. The van der Waals surface area contributed by atoms with Crippen LogP contribution in [-0.4, -0.2) is 39.9 Å². The lowest BCUT2D eigenvalue weighted by atomic mass is 10.1. The maximum absolute atomic E-state index is 5.65. The minimum atomic E-state index is -0.0314. The van der Waals surface area contributed by atoms with Crippen molar-refractivity contribution in [1.29, 1.82) is 0 Å². The van der Waals surface area contributed by atoms with Crippen molar-refractivity contribution in [1.82, 2.24) is 14.8 Å². The Morgan fingerprint density at radius 2 is 2.00 bits per heavy atom. The van der Waals surface area contributed by atoms with Crippen molar-refractivity contribution >= 4 is 5.84 Å². The molecule has 1 aromatic carbocycles. The standard InChI is InChI=1S/C15H18N4O3/c1-10(2)22-18-15(19-9-16-8-17-19)12-7-14-13(6-11(12)3)20-4-5-21-14/h6-10H,4-5H2,1-3H3/b18-15-. The van der Waals surface area contributed by atoms with Crippen molar-refractivity contribution in [2.75, 3.05) is 13.2 Å². The van der Waals surface area contributed by atoms with Gasteiger partial charge in [0, 0.05) is 5.56 Å². The number of fused-ring (bicyclic) bond motifs is 1. The molecule has 0 fully saturated rings. The predicted molar refractivity (Wildman–Crippen MR) is 80.3 cm³/mol. The molecule has 2 aromatic rings. The highest BCUT2D eigenvalue weighted by molar-refractivity contribution is 6.01. The van der Waals surface area contributed by atoms with Gasteiger partial charge in [0.05, 0.1) is 0 Å². The second-order valence-electron chi connectivity index (χ2n) is 5.22. The largest absolute Gasteiger partial charge is 0.486 e. The Bertz CT molecular complexity index is 680. The molecule has 0 saturated heterocycles. The summed E-state index contributed by atoms with van der Waals surface area (Å²) >= 11 is 0. The first-order valence-corrected chi connectivity index (χ1v) is 7.14. The van der Waals surface area contributed by atoms with Gasteiger partial charge in [0.1, 0.15) is 32.0 Å². The van der Waals surface area contributed by atoms with E-state index < -0.39 is 0 Å². The van der Waals surface area contributed by atoms with Crippen LogP contribution in [-0.2, 0) is 4.84 Å². The van der Waals surface area contributed by atoms with E-state index in [1.165, 1.54) is 6.33 Å². The number of ether oxygens (including phenoxy) is 2. The van der Waals surface area contributed by atoms with E-state index in [-0.39, 0.29) is 6.10 Å². The number of aryl methyl sites for hydroxylation is 1. The molecule has 0 saturated carbocycles. The van der Waals surface area contributed by atoms with E-state index in [0.717, 1.165) is 16.9 Å². The summed E-state index contributed by atoms with van der Waals surface area (Å²) in [6, 6.07) is 3.83. The van der Waals surface area contributed by atoms with Crippen LogP contribution in [0.2, 0.25) is 0 Å². The van der Waals surface area contributed by atoms with Crippen LogP contribution in [0.4, 0.5) is 0 Å². The van der Waals surface area contributed by atoms with Crippen molar-refractivity contribution in [3.8, 4) is 11.5 Å². The third-order valence-electron chi connectivity index (χ3n) is 3.12. The summed E-state index contributed by atoms with van der Waals surface area (Å²) in [7, 11) is 0. The van der Waals surface area contributed by atoms with Gasteiger partial charge in [-0.3, -0.25) is 0 Å². The second kappa shape index (κ2) is 6.05. The number of aromatic nitrogens is 3. The molecule has 0 N–H and O–H groups in total. The minimum Gasteiger partial charge on any atom is -0.486 e. The molecular weight excluding hydrogens is 284 g/mol. The first-order chi connectivity index (χ1) is 10.6. The molecule has 0 atom stereocenters. The fourth-order valence-corrected chi connectivity index (χ4v) is 2.12. The molecular formula is C15H18N4O3. The number of hydrogen-bond donors (Lipinski definition) is 0. The van der Waals surface area contributed by atoms with Gasteiger partial charge < -0.3 is 14.3 Å². The molecule has 0 spiro atoms. The molecule has 1 aliphatic rings. The molecule has 0 bridgehead atoms. The Morgan fingerprint density at radius 1 is 1.27 bits per heavy atom. The maximum atomic E-state index is 5.65. The average molecular weight is 302 g/mol. The van der Waals surface area contributed by atoms with E-state index in [4.69, 9.17) is 14.3 Å². The maximum Gasteiger partial charge on any atom is 0.201 e. The van der Waals surface area contributed by atoms with E-state index in [2.05, 4.69) is 15.2 Å². The van der Waals surface area contributed by atoms with Crippen LogP contribution < -0.4 is 9.47 Å². The molecule has 116 valence electrons. The van der Waals surface area contributed by atoms with Crippen LogP contribution in [0.25, 0.3) is 0 Å². The number of nitrogens with zero attached hydrogens (tertiary/aromatic N) is 4. The molecule has 1 aromatic heterocycles. The zero-order chi connectivity index (χ0) is 15.5. The highest BCUT2D eigenvalue weighted by atomic mass is 16.6. The molecule has 2 heterocycles. The fraction of sp³-hybridized carbons (Fsp3) is 0.400. The van der Waals surface area contributed by atoms with E-state index in [1.807, 2.05) is 32.9 Å². The third-order valence-corrected chi connectivity index (χ3v) is 3.12. The first kappa shape index (κ1) is 14.4. The SMILES string of the molecule is Cc1cc2c(cc1/C(=N/OC(C)C)n1cncn1)OCCO2. The van der Waals surface area contributed by atoms with Crippen LogP contribution in [0.1, 0.15) is 25.0 Å². The predicted octanol–water partition coefficient (Wildman–Crippen LogP) is 1.99. The fourth-order valence-electron chi connectivity index (χ4n) is 2.12. The van der Waals surface area contributed by atoms with Crippen molar-refractivity contribution in [3.05, 3.63) is 35.9 Å². The van der Waals surface area contributed by atoms with Gasteiger partial charge in [0.25, 0.3) is 0 Å². The van der Waals surface area contributed by atoms with Gasteiger partial charge >= 0.3 is 0 Å². The Labute approximate surface area is 128 Å². The number of hydrogen-bond acceptors (Lipinski definition) is 6. The van der Waals surface area contributed by atoms with Crippen LogP contribution in [0, 0.1) is 6.92 Å². The minimum absolute atomic E-state index is 0.0314. The topological polar surface area (TPSA) is 70.8 Å². The third kappa shape index (κ3) is 2.88. The second-order valence-corrected chi connectivity index (χ2v) is 5.22. The van der Waals surface area contributed by atoms with E-state index >= 15 is 0 Å². The van der Waals surface area contributed by atoms with Crippen LogP contribution >= 0.6 is 0 Å². The normalized spacial score (nSPS) is 14.3. The first-order valence-electron chi connectivity index (χ1n) is 7.14. The van der Waals surface area contributed by atoms with Gasteiger partial charge in [-0.25, -0.2) is 4.98 Å². The van der Waals surface area contributed by atoms with Crippen LogP contribution in [0.3, 0.4) is 0 Å². The summed E-state index contributed by atoms with van der Waals surface area (Å²) in [6.45, 7) is 6.91. The Morgan fingerprint density at radius 3 is 2.64 bits per heavy atom. The van der Waals surface area contributed by atoms with E-state index in [0.29, 0.717) is 24.8 Å². The van der Waals surface area contributed by atoms with Crippen LogP contribution in [0.15, 0.2) is 29.9 Å². The molecule has 7 heteroatoms. The zero-order valence-corrected chi connectivity index (χ0v) is 12.8. The summed E-state index contributed by atoms with van der Waals surface area (Å²) in [5.74, 6) is 2.00. The van der Waals surface area contributed by atoms with Gasteiger partial charge in [-0.1, -0.05) is 5.16 Å². The Kier molecular flexibility index (Phi) is 3.95. The average Bonchev–Trinajstić information content (AvgIpc) is 3.01. The van der Waals surface area contributed by atoms with E-state index in [1.54, 1.807) is 11.0 Å². The van der Waals surface area contributed by atoms with Gasteiger partial charge in [0.15, 0.2) is 11.5 Å². The smallest absolute Gasteiger partial charge is 0.201 e. The molecule has 0 amide bonds. The summed E-state index contributed by atoms with van der Waals surface area (Å²) in [4.78, 5) is 9.38.